The molecule has 3 atom stereocenters. The Morgan fingerprint density at radius 1 is 1.06 bits per heavy atom. The van der Waals surface area contributed by atoms with Crippen molar-refractivity contribution in [3.8, 4) is 0 Å². The number of benzene rings is 1. The maximum Gasteiger partial charge on any atom is 0.416 e. The molecule has 2 heterocycles. The molecule has 18 heavy (non-hydrogen) atoms. The monoisotopic (exact) mass is 277 g/mol. The van der Waals surface area contributed by atoms with E-state index in [1.54, 1.807) is 12.1 Å². The minimum atomic E-state index is -4.23. The van der Waals surface area contributed by atoms with Crippen LogP contribution >= 0.6 is 12.4 Å². The van der Waals surface area contributed by atoms with Gasteiger partial charge >= 0.3 is 6.18 Å². The third kappa shape index (κ3) is 2.36. The second-order valence-electron chi connectivity index (χ2n) is 5.01. The highest BCUT2D eigenvalue weighted by Gasteiger charge is 2.40. The molecule has 3 rings (SSSR count). The van der Waals surface area contributed by atoms with Crippen molar-refractivity contribution in [3.05, 3.63) is 35.4 Å². The summed E-state index contributed by atoms with van der Waals surface area (Å²) in [6, 6.07) is 6.71. The largest absolute Gasteiger partial charge is 0.416 e. The van der Waals surface area contributed by atoms with Crippen LogP contribution < -0.4 is 5.32 Å². The highest BCUT2D eigenvalue weighted by molar-refractivity contribution is 5.85. The third-order valence-electron chi connectivity index (χ3n) is 3.97. The zero-order valence-corrected chi connectivity index (χ0v) is 10.5. The molecule has 0 amide bonds. The fourth-order valence-corrected chi connectivity index (χ4v) is 3.11. The lowest BCUT2D eigenvalue weighted by Gasteiger charge is -2.20. The van der Waals surface area contributed by atoms with Gasteiger partial charge in [-0.2, -0.15) is 13.2 Å². The van der Waals surface area contributed by atoms with E-state index in [0.29, 0.717) is 18.0 Å². The van der Waals surface area contributed by atoms with E-state index in [1.807, 2.05) is 0 Å². The van der Waals surface area contributed by atoms with Crippen LogP contribution in [0.15, 0.2) is 24.3 Å². The molecule has 0 aliphatic carbocycles. The van der Waals surface area contributed by atoms with Crippen LogP contribution in [0.2, 0.25) is 0 Å². The molecule has 1 aromatic rings. The summed E-state index contributed by atoms with van der Waals surface area (Å²) >= 11 is 0. The van der Waals surface area contributed by atoms with Crippen LogP contribution in [0.1, 0.15) is 36.3 Å². The predicted octanol–water partition coefficient (Wildman–Crippen LogP) is 3.74. The number of hydrogen-bond acceptors (Lipinski definition) is 1. The van der Waals surface area contributed by atoms with Crippen molar-refractivity contribution in [3.63, 3.8) is 0 Å². The SMILES string of the molecule is Cl.FC(F)(F)c1ccc(C2CC3CCC2N3)cc1. The van der Waals surface area contributed by atoms with Crippen LogP contribution in [-0.2, 0) is 6.18 Å². The second-order valence-corrected chi connectivity index (χ2v) is 5.01. The first-order valence-electron chi connectivity index (χ1n) is 5.97. The fraction of sp³-hybridized carbons (Fsp3) is 0.538. The topological polar surface area (TPSA) is 12.0 Å². The molecule has 0 radical (unpaired) electrons. The summed E-state index contributed by atoms with van der Waals surface area (Å²) in [4.78, 5) is 0. The molecule has 1 aromatic carbocycles. The Morgan fingerprint density at radius 3 is 2.17 bits per heavy atom. The Bertz CT molecular complexity index is 415. The third-order valence-corrected chi connectivity index (χ3v) is 3.97. The standard InChI is InChI=1S/C13H14F3N.ClH/c14-13(15,16)9-3-1-8(2-4-9)11-7-10-5-6-12(11)17-10;/h1-4,10-12,17H,5-7H2;1H. The Balaban J connectivity index is 0.00000120. The smallest absolute Gasteiger partial charge is 0.311 e. The molecule has 2 aliphatic rings. The van der Waals surface area contributed by atoms with Gasteiger partial charge in [-0.05, 0) is 37.0 Å². The van der Waals surface area contributed by atoms with Crippen molar-refractivity contribution in [2.45, 2.75) is 43.4 Å². The highest BCUT2D eigenvalue weighted by atomic mass is 35.5. The first kappa shape index (κ1) is 13.7. The lowest BCUT2D eigenvalue weighted by Crippen LogP contribution is -2.21. The van der Waals surface area contributed by atoms with Gasteiger partial charge in [0, 0.05) is 18.0 Å². The zero-order chi connectivity index (χ0) is 12.0. The minimum absolute atomic E-state index is 0. The number of fused-ring (bicyclic) bond motifs is 2. The average molecular weight is 278 g/mol. The number of halogens is 4. The molecule has 1 N–H and O–H groups in total. The summed E-state index contributed by atoms with van der Waals surface area (Å²) in [5, 5.41) is 3.50. The van der Waals surface area contributed by atoms with Crippen LogP contribution in [0.5, 0.6) is 0 Å². The van der Waals surface area contributed by atoms with E-state index in [-0.39, 0.29) is 12.4 Å². The van der Waals surface area contributed by atoms with Crippen LogP contribution in [0.4, 0.5) is 13.2 Å². The van der Waals surface area contributed by atoms with Crippen molar-refractivity contribution < 1.29 is 13.2 Å². The summed E-state index contributed by atoms with van der Waals surface area (Å²) in [6.07, 6.45) is -0.806. The minimum Gasteiger partial charge on any atom is -0.311 e. The molecule has 2 saturated heterocycles. The van der Waals surface area contributed by atoms with E-state index in [4.69, 9.17) is 0 Å². The summed E-state index contributed by atoms with van der Waals surface area (Å²) in [6.45, 7) is 0. The van der Waals surface area contributed by atoms with Crippen molar-refractivity contribution in [2.24, 2.45) is 0 Å². The van der Waals surface area contributed by atoms with Gasteiger partial charge in [0.15, 0.2) is 0 Å². The summed E-state index contributed by atoms with van der Waals surface area (Å²) in [5.41, 5.74) is 0.482. The van der Waals surface area contributed by atoms with Gasteiger partial charge in [-0.3, -0.25) is 0 Å². The van der Waals surface area contributed by atoms with E-state index in [1.165, 1.54) is 18.6 Å². The van der Waals surface area contributed by atoms with E-state index in [0.717, 1.165) is 18.4 Å². The fourth-order valence-electron chi connectivity index (χ4n) is 3.11. The van der Waals surface area contributed by atoms with Crippen molar-refractivity contribution in [1.29, 1.82) is 0 Å². The molecular weight excluding hydrogens is 263 g/mol. The van der Waals surface area contributed by atoms with Crippen LogP contribution in [0.3, 0.4) is 0 Å². The quantitative estimate of drug-likeness (QED) is 0.825. The Labute approximate surface area is 110 Å². The van der Waals surface area contributed by atoms with Crippen molar-refractivity contribution in [2.75, 3.05) is 0 Å². The van der Waals surface area contributed by atoms with Crippen LogP contribution in [0.25, 0.3) is 0 Å². The van der Waals surface area contributed by atoms with Gasteiger partial charge in [-0.15, -0.1) is 12.4 Å². The summed E-state index contributed by atoms with van der Waals surface area (Å²) in [5.74, 6) is 0.399. The molecule has 0 aromatic heterocycles. The summed E-state index contributed by atoms with van der Waals surface area (Å²) < 4.78 is 37.3. The molecular formula is C13H15ClF3N. The molecule has 2 fully saturated rings. The summed E-state index contributed by atoms with van der Waals surface area (Å²) in [7, 11) is 0. The van der Waals surface area contributed by atoms with Gasteiger partial charge in [0.2, 0.25) is 0 Å². The number of hydrogen-bond donors (Lipinski definition) is 1. The van der Waals surface area contributed by atoms with Crippen molar-refractivity contribution in [1.82, 2.24) is 5.32 Å². The number of nitrogens with one attached hydrogen (secondary N) is 1. The van der Waals surface area contributed by atoms with E-state index in [2.05, 4.69) is 5.32 Å². The zero-order valence-electron chi connectivity index (χ0n) is 9.70. The maximum absolute atomic E-state index is 12.4. The predicted molar refractivity (Wildman–Crippen MR) is 66.0 cm³/mol. The normalized spacial score (nSPS) is 30.3. The second kappa shape index (κ2) is 4.74. The van der Waals surface area contributed by atoms with Crippen molar-refractivity contribution >= 4 is 12.4 Å². The first-order valence-corrected chi connectivity index (χ1v) is 5.97. The molecule has 2 bridgehead atoms. The molecule has 3 unspecified atom stereocenters. The molecule has 2 aliphatic heterocycles. The Morgan fingerprint density at radius 2 is 1.72 bits per heavy atom. The Kier molecular flexibility index (Phi) is 3.60. The molecule has 100 valence electrons. The van der Waals surface area contributed by atoms with Gasteiger partial charge in [-0.25, -0.2) is 0 Å². The van der Waals surface area contributed by atoms with Gasteiger partial charge in [0.1, 0.15) is 0 Å². The number of alkyl halides is 3. The lowest BCUT2D eigenvalue weighted by atomic mass is 9.84. The lowest BCUT2D eigenvalue weighted by molar-refractivity contribution is -0.137. The van der Waals surface area contributed by atoms with E-state index >= 15 is 0 Å². The molecule has 5 heteroatoms. The van der Waals surface area contributed by atoms with Gasteiger partial charge in [-0.1, -0.05) is 12.1 Å². The Hall–Kier alpha value is -0.740. The van der Waals surface area contributed by atoms with Gasteiger partial charge < -0.3 is 5.32 Å². The van der Waals surface area contributed by atoms with Gasteiger partial charge in [0.05, 0.1) is 5.56 Å². The van der Waals surface area contributed by atoms with Gasteiger partial charge in [0.25, 0.3) is 0 Å². The molecule has 1 nitrogen and oxygen atoms in total. The maximum atomic E-state index is 12.4. The average Bonchev–Trinajstić information content (AvgIpc) is 2.89. The number of rotatable bonds is 1. The molecule has 0 spiro atoms. The van der Waals surface area contributed by atoms with Crippen LogP contribution in [0, 0.1) is 0 Å². The molecule has 0 saturated carbocycles. The van der Waals surface area contributed by atoms with E-state index < -0.39 is 11.7 Å². The van der Waals surface area contributed by atoms with Crippen LogP contribution in [-0.4, -0.2) is 12.1 Å². The highest BCUT2D eigenvalue weighted by Crippen LogP contribution is 2.40. The van der Waals surface area contributed by atoms with E-state index in [9.17, 15) is 13.2 Å². The first-order chi connectivity index (χ1) is 8.04.